The van der Waals surface area contributed by atoms with Crippen LogP contribution in [0.25, 0.3) is 0 Å². The van der Waals surface area contributed by atoms with E-state index in [4.69, 9.17) is 61.2 Å². The first-order chi connectivity index (χ1) is 69.3. The topological polar surface area (TPSA) is 828 Å². The number of aryl methyl sites for hydroxylation is 2. The van der Waals surface area contributed by atoms with Crippen molar-refractivity contribution in [2.24, 2.45) is 0 Å². The molecule has 18 aromatic rings. The number of halogens is 1. The van der Waals surface area contributed by atoms with Crippen LogP contribution in [0.4, 0.5) is 34.9 Å². The summed E-state index contributed by atoms with van der Waals surface area (Å²) in [6.45, 7) is 2.58. The Kier molecular flexibility index (Phi) is 36.5. The van der Waals surface area contributed by atoms with Gasteiger partial charge in [0.05, 0.1) is 19.8 Å². The fraction of sp³-hybridized carbons (Fsp3) is 0.221. The Hall–Kier alpha value is -20.0. The number of carboxylic acid groups (broad SMARTS) is 6. The molecule has 64 nitrogen and oxygen atoms in total. The van der Waals surface area contributed by atoms with Crippen LogP contribution < -0.4 is 41.4 Å². The highest BCUT2D eigenvalue weighted by Gasteiger charge is 2.25. The van der Waals surface area contributed by atoms with Gasteiger partial charge in [0.15, 0.2) is 34.9 Å². The molecular formula is C77H75ClN42O22. The third-order valence-electron chi connectivity index (χ3n) is 18.3. The predicted octanol–water partition coefficient (Wildman–Crippen LogP) is 3.65. The number of carboxylic acids is 6. The third-order valence-corrected chi connectivity index (χ3v) is 18.5. The molecule has 18 rings (SSSR count). The molecule has 6 aromatic carbocycles. The SMILES string of the molecule is O=C(O)c1nonc1NCn1nnnc1CCOc1ccccc1.O=C(O)c1nonc1NCn1nnnc1CCc1ccccc1.O=C(O)c1nonc1NCn1nnnc1COCCc1ccccc1.O=C(O)c1nonc1NCn1nnnc1COCc1ccccc1.O=C(O)c1nonc1NCn1nnnc1COc1ccccc1.O=C(O)c1nonc1NCn1nnnc1Cc1cccc(Cl)c1. The Morgan fingerprint density at radius 3 is 0.923 bits per heavy atom. The van der Waals surface area contributed by atoms with E-state index in [1.807, 2.05) is 170 Å². The van der Waals surface area contributed by atoms with Crippen LogP contribution in [0.3, 0.4) is 0 Å². The van der Waals surface area contributed by atoms with Crippen molar-refractivity contribution in [2.45, 2.75) is 98.5 Å². The number of ether oxygens (including phenoxy) is 4. The number of benzene rings is 6. The van der Waals surface area contributed by atoms with Crippen LogP contribution in [0.5, 0.6) is 11.5 Å². The zero-order valence-electron chi connectivity index (χ0n) is 73.0. The molecule has 0 spiro atoms. The van der Waals surface area contributed by atoms with Crippen molar-refractivity contribution in [3.05, 3.63) is 272 Å². The maximum atomic E-state index is 10.9. The molecule has 0 saturated heterocycles. The van der Waals surface area contributed by atoms with Crippen LogP contribution in [-0.2, 0) is 108 Å². The molecule has 12 N–H and O–H groups in total. The van der Waals surface area contributed by atoms with Crippen molar-refractivity contribution in [1.82, 2.24) is 183 Å². The van der Waals surface area contributed by atoms with E-state index in [0.29, 0.717) is 84.8 Å². The molecule has 0 atom stereocenters. The first kappa shape index (κ1) is 99.5. The summed E-state index contributed by atoms with van der Waals surface area (Å²) < 4.78 is 57.4. The molecule has 732 valence electrons. The number of hydrogen-bond acceptors (Lipinski definition) is 52. The van der Waals surface area contributed by atoms with Gasteiger partial charge >= 0.3 is 35.8 Å². The Bertz CT molecular complexity index is 6660. The molecule has 0 amide bonds. The lowest BCUT2D eigenvalue weighted by atomic mass is 10.1. The van der Waals surface area contributed by atoms with Gasteiger partial charge in [0.25, 0.3) is 0 Å². The van der Waals surface area contributed by atoms with Gasteiger partial charge in [-0.05, 0) is 196 Å². The predicted molar refractivity (Wildman–Crippen MR) is 465 cm³/mol. The van der Waals surface area contributed by atoms with Gasteiger partial charge in [-0.3, -0.25) is 0 Å². The van der Waals surface area contributed by atoms with Gasteiger partial charge in [-0.2, -0.15) is 0 Å². The lowest BCUT2D eigenvalue weighted by Crippen LogP contribution is -2.16. The van der Waals surface area contributed by atoms with Gasteiger partial charge in [-0.25, -0.2) is 84.6 Å². The molecule has 0 fully saturated rings. The van der Waals surface area contributed by atoms with E-state index < -0.39 is 35.8 Å². The minimum absolute atomic E-state index is 0.000976. The zero-order chi connectivity index (χ0) is 99.4. The van der Waals surface area contributed by atoms with Crippen LogP contribution in [0, 0.1) is 0 Å². The number of anilines is 6. The lowest BCUT2D eigenvalue weighted by molar-refractivity contribution is 0.0674. The number of nitrogens with zero attached hydrogens (tertiary/aromatic N) is 36. The Morgan fingerprint density at radius 1 is 0.275 bits per heavy atom. The second-order valence-electron chi connectivity index (χ2n) is 27.7. The summed E-state index contributed by atoms with van der Waals surface area (Å²) in [5.74, 6) is -2.75. The van der Waals surface area contributed by atoms with Crippen molar-refractivity contribution < 1.29 is 106 Å². The van der Waals surface area contributed by atoms with E-state index in [-0.39, 0.29) is 129 Å². The largest absolute Gasteiger partial charge is 0.493 e. The van der Waals surface area contributed by atoms with Crippen molar-refractivity contribution in [1.29, 1.82) is 0 Å². The molecule has 12 heterocycles. The second-order valence-corrected chi connectivity index (χ2v) is 28.2. The van der Waals surface area contributed by atoms with E-state index >= 15 is 0 Å². The molecule has 65 heteroatoms. The van der Waals surface area contributed by atoms with Crippen LogP contribution >= 0.6 is 11.6 Å². The average molecular weight is 1980 g/mol. The smallest absolute Gasteiger partial charge is 0.362 e. The van der Waals surface area contributed by atoms with Crippen molar-refractivity contribution in [3.63, 3.8) is 0 Å². The van der Waals surface area contributed by atoms with E-state index in [0.717, 1.165) is 29.7 Å². The first-order valence-corrected chi connectivity index (χ1v) is 41.4. The maximum Gasteiger partial charge on any atom is 0.362 e. The number of nitrogens with one attached hydrogen (secondary N) is 6. The summed E-state index contributed by atoms with van der Waals surface area (Å²) in [6, 6.07) is 55.6. The second kappa shape index (κ2) is 52.0. The van der Waals surface area contributed by atoms with Crippen LogP contribution in [0.1, 0.15) is 120 Å². The van der Waals surface area contributed by atoms with Crippen molar-refractivity contribution >= 4 is 82.3 Å². The molecule has 0 unspecified atom stereocenters. The zero-order valence-corrected chi connectivity index (χ0v) is 73.7. The third kappa shape index (κ3) is 30.3. The number of para-hydroxylation sites is 2. The van der Waals surface area contributed by atoms with Crippen LogP contribution in [-0.4, -0.2) is 263 Å². The number of aromatic nitrogens is 36. The molecular weight excluding hydrogens is 1900 g/mol. The van der Waals surface area contributed by atoms with Gasteiger partial charge in [-0.1, -0.05) is 151 Å². The summed E-state index contributed by atoms with van der Waals surface area (Å²) in [5.41, 5.74) is 2.50. The summed E-state index contributed by atoms with van der Waals surface area (Å²) in [6.07, 6.45) is 3.19. The number of hydrogen-bond donors (Lipinski definition) is 12. The fourth-order valence-corrected chi connectivity index (χ4v) is 11.7. The minimum Gasteiger partial charge on any atom is -0.493 e. The van der Waals surface area contributed by atoms with Gasteiger partial charge in [-0.15, -0.1) is 30.6 Å². The molecule has 0 saturated carbocycles. The van der Waals surface area contributed by atoms with E-state index in [9.17, 15) is 28.8 Å². The van der Waals surface area contributed by atoms with Crippen LogP contribution in [0.2, 0.25) is 5.02 Å². The van der Waals surface area contributed by atoms with Gasteiger partial charge in [0.2, 0.25) is 69.1 Å². The molecule has 0 radical (unpaired) electrons. The Labute approximate surface area is 795 Å². The average Bonchev–Trinajstić information content (AvgIpc) is 1.57. The highest BCUT2D eigenvalue weighted by Crippen LogP contribution is 2.20. The molecule has 0 aliphatic rings. The molecule has 12 aromatic heterocycles. The van der Waals surface area contributed by atoms with Crippen LogP contribution in [0.15, 0.2) is 204 Å². The van der Waals surface area contributed by atoms with E-state index in [1.165, 1.54) is 39.2 Å². The summed E-state index contributed by atoms with van der Waals surface area (Å²) in [7, 11) is 0. The number of rotatable bonds is 45. The standard InChI is InChI=1S/C14H15N7O4.2C13H13N7O4.C13H13N7O3.C12H10ClN7O3.C12H11N7O4/c22-14(23)12-13(18-25-17-12)15-9-21-11(16-19-20-21)8-24-7-6-10-4-2-1-3-5-10;21-13(22)11-12(17-24-16-11)14-8-20-10(15-18-19-20)7-23-6-9-4-2-1-3-5-9;21-13(22)11-12(17-24-16-11)14-8-20-10(15-18-19-20)6-7-23-9-4-2-1-3-5-9;21-13(22)11-12(17-23-16-11)14-8-20-10(15-18-19-20)7-6-9-4-2-1-3-5-9;13-8-3-1-2-7(4-8)5-9-15-18-19-20(9)6-14-11-10(12(21)22)16-23-17-11;20-12(21)10-11(16-23-15-10)13-7-19-9(14-17-18-19)6-22-8-4-2-1-3-5-8/h1-5H,6-9H2,(H,15,18)(H,22,23);2*1-5H,6-8H2,(H,14,17)(H,21,22);1-5H,6-8H2,(H,14,17)(H,21,22);1-4H,5-6H2,(H,14,17)(H,21,22);1-5H,6-7H2,(H,13,16)(H,20,21). The van der Waals surface area contributed by atoms with Gasteiger partial charge in [0, 0.05) is 24.3 Å². The van der Waals surface area contributed by atoms with E-state index in [2.05, 4.69) is 215 Å². The van der Waals surface area contributed by atoms with Crippen molar-refractivity contribution in [3.8, 4) is 11.5 Å². The lowest BCUT2D eigenvalue weighted by Gasteiger charge is -2.07. The summed E-state index contributed by atoms with van der Waals surface area (Å²) in [4.78, 5) is 65.5. The molecule has 142 heavy (non-hydrogen) atoms. The quantitative estimate of drug-likeness (QED) is 0.0242. The molecule has 0 aliphatic heterocycles. The van der Waals surface area contributed by atoms with Gasteiger partial charge in [0.1, 0.15) is 71.3 Å². The van der Waals surface area contributed by atoms with Gasteiger partial charge < -0.3 is 81.5 Å². The number of aromatic carboxylic acids is 6. The summed E-state index contributed by atoms with van der Waals surface area (Å²) in [5, 5.41) is 179. The number of tetrazole rings is 6. The Balaban J connectivity index is 0.000000143. The van der Waals surface area contributed by atoms with Crippen molar-refractivity contribution in [2.75, 3.05) is 45.1 Å². The maximum absolute atomic E-state index is 10.9. The monoisotopic (exact) mass is 1970 g/mol. The fourth-order valence-electron chi connectivity index (χ4n) is 11.4. The first-order valence-electron chi connectivity index (χ1n) is 41.0. The Morgan fingerprint density at radius 2 is 0.563 bits per heavy atom. The normalized spacial score (nSPS) is 10.6. The molecule has 0 bridgehead atoms. The summed E-state index contributed by atoms with van der Waals surface area (Å²) >= 11 is 5.95. The van der Waals surface area contributed by atoms with E-state index in [1.54, 1.807) is 6.07 Å². The highest BCUT2D eigenvalue weighted by atomic mass is 35.5. The molecule has 0 aliphatic carbocycles. The number of carbonyl (C=O) groups is 6. The minimum atomic E-state index is -1.25. The highest BCUT2D eigenvalue weighted by molar-refractivity contribution is 6.30.